The molecule has 5 atom stereocenters. The van der Waals surface area contributed by atoms with Crippen molar-refractivity contribution in [1.29, 1.82) is 0 Å². The second-order valence-corrected chi connectivity index (χ2v) is 12.9. The number of phosphoric acid groups is 2. The first kappa shape index (κ1) is 27.9. The van der Waals surface area contributed by atoms with Crippen LogP contribution in [0, 0.1) is 17.8 Å². The maximum Gasteiger partial charge on any atom is 0.474 e. The van der Waals surface area contributed by atoms with Gasteiger partial charge in [-0.05, 0) is 43.4 Å². The molecule has 0 bridgehead atoms. The van der Waals surface area contributed by atoms with Gasteiger partial charge in [0.15, 0.2) is 0 Å². The summed E-state index contributed by atoms with van der Waals surface area (Å²) in [7, 11) is -3.64. The number of aryl methyl sites for hydroxylation is 2. The van der Waals surface area contributed by atoms with Gasteiger partial charge in [0.05, 0.1) is 18.0 Å². The second-order valence-electron chi connectivity index (χ2n) is 7.57. The Morgan fingerprint density at radius 3 is 2.44 bits per heavy atom. The summed E-state index contributed by atoms with van der Waals surface area (Å²) in [4.78, 5) is 30.5. The summed E-state index contributed by atoms with van der Waals surface area (Å²) < 4.78 is 48.1. The first-order valence-corrected chi connectivity index (χ1v) is 15.8. The average molecular weight is 563 g/mol. The monoisotopic (exact) mass is 562 g/mol. The zero-order valence-corrected chi connectivity index (χ0v) is 22.0. The standard InChI is InChI=1S/C16H28N4O10P2S2/c1-20-15-6-4-12-11(3-5-14(15)18-19-20)13(12)7-27-16(21)17-8-28-32(24,25)30-10-34-33-9-29-31(22,23)26-2/h11-13H,3-10H2,1-2H3,(H,17,21)(H,22,23)(H,24,25)/t11-,12+,13-/m1/s1. The smallest absolute Gasteiger partial charge is 0.449 e. The van der Waals surface area contributed by atoms with E-state index in [-0.39, 0.29) is 18.5 Å². The van der Waals surface area contributed by atoms with Gasteiger partial charge in [0.25, 0.3) is 0 Å². The molecular weight excluding hydrogens is 534 g/mol. The van der Waals surface area contributed by atoms with Crippen LogP contribution >= 0.6 is 37.2 Å². The highest BCUT2D eigenvalue weighted by molar-refractivity contribution is 8.76. The lowest BCUT2D eigenvalue weighted by molar-refractivity contribution is 0.117. The average Bonchev–Trinajstić information content (AvgIpc) is 3.31. The Labute approximate surface area is 204 Å². The Hall–Kier alpha value is -0.670. The Balaban J connectivity index is 1.24. The van der Waals surface area contributed by atoms with Gasteiger partial charge in [-0.2, -0.15) is 0 Å². The number of carbonyl (C=O) groups is 1. The van der Waals surface area contributed by atoms with Gasteiger partial charge >= 0.3 is 21.7 Å². The van der Waals surface area contributed by atoms with Crippen molar-refractivity contribution in [3.8, 4) is 0 Å². The van der Waals surface area contributed by atoms with Crippen molar-refractivity contribution >= 4 is 43.3 Å². The number of aromatic nitrogens is 3. The van der Waals surface area contributed by atoms with E-state index in [9.17, 15) is 18.8 Å². The van der Waals surface area contributed by atoms with Crippen LogP contribution in [0.15, 0.2) is 0 Å². The lowest BCUT2D eigenvalue weighted by Crippen LogP contribution is -2.27. The number of carbonyl (C=O) groups excluding carboxylic acids is 1. The molecule has 2 aliphatic rings. The second kappa shape index (κ2) is 12.5. The van der Waals surface area contributed by atoms with Gasteiger partial charge in [-0.3, -0.25) is 28.1 Å². The Kier molecular flexibility index (Phi) is 10.3. The molecule has 2 unspecified atom stereocenters. The predicted octanol–water partition coefficient (Wildman–Crippen LogP) is 2.43. The van der Waals surface area contributed by atoms with Gasteiger partial charge in [0, 0.05) is 14.2 Å². The van der Waals surface area contributed by atoms with E-state index in [2.05, 4.69) is 29.2 Å². The van der Waals surface area contributed by atoms with E-state index in [4.69, 9.17) is 14.2 Å². The van der Waals surface area contributed by atoms with E-state index < -0.39 is 28.5 Å². The summed E-state index contributed by atoms with van der Waals surface area (Å²) in [5.41, 5.74) is 2.22. The minimum absolute atomic E-state index is 0.205. The van der Waals surface area contributed by atoms with Crippen LogP contribution in [0.4, 0.5) is 4.79 Å². The fourth-order valence-electron chi connectivity index (χ4n) is 3.88. The third kappa shape index (κ3) is 8.47. The van der Waals surface area contributed by atoms with Crippen molar-refractivity contribution < 1.29 is 46.5 Å². The zero-order valence-electron chi connectivity index (χ0n) is 18.6. The molecule has 1 saturated carbocycles. The van der Waals surface area contributed by atoms with Crippen molar-refractivity contribution in [1.82, 2.24) is 20.3 Å². The highest BCUT2D eigenvalue weighted by Crippen LogP contribution is 2.53. The summed E-state index contributed by atoms with van der Waals surface area (Å²) in [6.45, 7) is -0.295. The molecule has 34 heavy (non-hydrogen) atoms. The molecule has 0 aromatic carbocycles. The summed E-state index contributed by atoms with van der Waals surface area (Å²) in [6.07, 6.45) is 3.00. The van der Waals surface area contributed by atoms with Crippen molar-refractivity contribution in [2.75, 3.05) is 32.3 Å². The van der Waals surface area contributed by atoms with Gasteiger partial charge in [-0.1, -0.05) is 26.8 Å². The number of hydrogen-bond acceptors (Lipinski definition) is 12. The minimum Gasteiger partial charge on any atom is -0.449 e. The van der Waals surface area contributed by atoms with Crippen LogP contribution in [0.3, 0.4) is 0 Å². The number of ether oxygens (including phenoxy) is 1. The van der Waals surface area contributed by atoms with E-state index in [1.807, 2.05) is 11.7 Å². The molecular formula is C16H28N4O10P2S2. The largest absolute Gasteiger partial charge is 0.474 e. The highest BCUT2D eigenvalue weighted by Gasteiger charge is 2.50. The third-order valence-electron chi connectivity index (χ3n) is 5.65. The maximum atomic E-state index is 11.9. The van der Waals surface area contributed by atoms with E-state index in [0.717, 1.165) is 60.1 Å². The van der Waals surface area contributed by atoms with Gasteiger partial charge in [-0.15, -0.1) is 5.10 Å². The van der Waals surface area contributed by atoms with Crippen LogP contribution in [0.25, 0.3) is 0 Å². The molecule has 1 aromatic heterocycles. The molecule has 3 rings (SSSR count). The van der Waals surface area contributed by atoms with Gasteiger partial charge in [-0.25, -0.2) is 13.9 Å². The van der Waals surface area contributed by atoms with E-state index >= 15 is 0 Å². The number of fused-ring (bicyclic) bond motifs is 2. The Morgan fingerprint density at radius 2 is 1.76 bits per heavy atom. The van der Waals surface area contributed by atoms with Crippen molar-refractivity contribution in [2.24, 2.45) is 24.8 Å². The first-order chi connectivity index (χ1) is 16.1. The molecule has 0 radical (unpaired) electrons. The number of alkyl carbamates (subject to hydrolysis) is 1. The van der Waals surface area contributed by atoms with Crippen molar-refractivity contribution in [2.45, 2.75) is 25.7 Å². The number of phosphoric ester groups is 2. The minimum atomic E-state index is -4.41. The number of rotatable bonds is 13. The molecule has 1 fully saturated rings. The topological polar surface area (TPSA) is 181 Å². The SMILES string of the molecule is COP(=O)(O)OCSSCOP(=O)(O)OCNC(=O)OC[C@@H]1[C@@H]2CCc3nnn(C)c3CC[C@@H]21. The van der Waals surface area contributed by atoms with Crippen LogP contribution in [0.5, 0.6) is 0 Å². The summed E-state index contributed by atoms with van der Waals surface area (Å²) >= 11 is 0. The summed E-state index contributed by atoms with van der Waals surface area (Å²) in [5, 5.41) is 10.6. The number of hydrogen-bond donors (Lipinski definition) is 3. The van der Waals surface area contributed by atoms with Crippen LogP contribution < -0.4 is 5.32 Å². The van der Waals surface area contributed by atoms with Crippen LogP contribution in [0.2, 0.25) is 0 Å². The highest BCUT2D eigenvalue weighted by atomic mass is 33.1. The van der Waals surface area contributed by atoms with Gasteiger partial charge < -0.3 is 14.5 Å². The molecule has 1 amide bonds. The first-order valence-electron chi connectivity index (χ1n) is 10.3. The van der Waals surface area contributed by atoms with Crippen molar-refractivity contribution in [3.63, 3.8) is 0 Å². The quantitative estimate of drug-likeness (QED) is 0.138. The molecule has 14 nitrogen and oxygen atoms in total. The molecule has 0 spiro atoms. The fraction of sp³-hybridized carbons (Fsp3) is 0.812. The van der Waals surface area contributed by atoms with Crippen molar-refractivity contribution in [3.05, 3.63) is 11.4 Å². The van der Waals surface area contributed by atoms with Crippen LogP contribution in [-0.4, -0.2) is 63.2 Å². The molecule has 0 saturated heterocycles. The molecule has 1 heterocycles. The molecule has 194 valence electrons. The molecule has 18 heteroatoms. The van der Waals surface area contributed by atoms with Crippen LogP contribution in [0.1, 0.15) is 24.2 Å². The molecule has 3 N–H and O–H groups in total. The Bertz CT molecular complexity index is 938. The lowest BCUT2D eigenvalue weighted by Gasteiger charge is -2.13. The number of amides is 1. The third-order valence-corrected chi connectivity index (χ3v) is 9.50. The van der Waals surface area contributed by atoms with Gasteiger partial charge in [0.2, 0.25) is 0 Å². The molecule has 2 aliphatic carbocycles. The maximum absolute atomic E-state index is 11.9. The van der Waals surface area contributed by atoms with E-state index in [0.29, 0.717) is 17.8 Å². The van der Waals surface area contributed by atoms with Crippen LogP contribution in [-0.2, 0) is 51.9 Å². The van der Waals surface area contributed by atoms with Gasteiger partial charge in [0.1, 0.15) is 18.6 Å². The molecule has 1 aromatic rings. The normalized spacial score (nSPS) is 25.1. The summed E-state index contributed by atoms with van der Waals surface area (Å²) in [6, 6.07) is 0. The Morgan fingerprint density at radius 1 is 1.12 bits per heavy atom. The molecule has 0 aliphatic heterocycles. The lowest BCUT2D eigenvalue weighted by atomic mass is 10.0. The van der Waals surface area contributed by atoms with E-state index in [1.165, 1.54) is 5.69 Å². The number of nitrogens with one attached hydrogen (secondary N) is 1. The number of nitrogens with zero attached hydrogens (tertiary/aromatic N) is 3. The predicted molar refractivity (Wildman–Crippen MR) is 122 cm³/mol. The van der Waals surface area contributed by atoms with E-state index in [1.54, 1.807) is 0 Å². The zero-order chi connectivity index (χ0) is 24.8. The fourth-order valence-corrected chi connectivity index (χ4v) is 7.02. The summed E-state index contributed by atoms with van der Waals surface area (Å²) in [5.74, 6) is 0.809.